The number of carbonyl (C=O) groups excluding carboxylic acids is 2. The van der Waals surface area contributed by atoms with Gasteiger partial charge < -0.3 is 4.74 Å². The molecule has 0 fully saturated rings. The summed E-state index contributed by atoms with van der Waals surface area (Å²) in [5.41, 5.74) is 2.06. The van der Waals surface area contributed by atoms with E-state index in [-0.39, 0.29) is 12.4 Å². The van der Waals surface area contributed by atoms with E-state index >= 15 is 0 Å². The van der Waals surface area contributed by atoms with Crippen LogP contribution >= 0.6 is 23.1 Å². The summed E-state index contributed by atoms with van der Waals surface area (Å²) in [4.78, 5) is 28.5. The fourth-order valence-corrected chi connectivity index (χ4v) is 4.25. The maximum atomic E-state index is 12.1. The van der Waals surface area contributed by atoms with Crippen molar-refractivity contribution in [2.45, 2.75) is 30.9 Å². The molecule has 0 saturated heterocycles. The molecule has 0 aliphatic heterocycles. The van der Waals surface area contributed by atoms with Gasteiger partial charge in [0.1, 0.15) is 0 Å². The molecule has 0 aliphatic carbocycles. The lowest BCUT2D eigenvalue weighted by atomic mass is 9.91. The Hall–Kier alpha value is -2.18. The third-order valence-electron chi connectivity index (χ3n) is 4.00. The monoisotopic (exact) mass is 399 g/mol. The smallest absolute Gasteiger partial charge is 0.338 e. The van der Waals surface area contributed by atoms with Gasteiger partial charge in [0, 0.05) is 11.2 Å². The Labute approximate surface area is 167 Å². The number of nitrogens with zero attached hydrogens (tertiary/aromatic N) is 1. The van der Waals surface area contributed by atoms with Crippen LogP contribution in [0, 0.1) is 5.41 Å². The lowest BCUT2D eigenvalue weighted by molar-refractivity contribution is -0.129. The fraction of sp³-hybridized carbons (Fsp3) is 0.286. The Morgan fingerprint density at radius 1 is 1.07 bits per heavy atom. The first-order chi connectivity index (χ1) is 12.8. The van der Waals surface area contributed by atoms with Gasteiger partial charge in [-0.3, -0.25) is 4.79 Å². The number of para-hydroxylation sites is 1. The molecule has 0 unspecified atom stereocenters. The molecule has 1 heterocycles. The quantitative estimate of drug-likeness (QED) is 0.412. The van der Waals surface area contributed by atoms with Gasteiger partial charge in [-0.15, -0.1) is 11.3 Å². The van der Waals surface area contributed by atoms with Gasteiger partial charge in [-0.2, -0.15) is 0 Å². The van der Waals surface area contributed by atoms with Crippen molar-refractivity contribution in [1.29, 1.82) is 0 Å². The average molecular weight is 400 g/mol. The van der Waals surface area contributed by atoms with Crippen molar-refractivity contribution in [2.75, 3.05) is 6.61 Å². The number of esters is 1. The zero-order valence-corrected chi connectivity index (χ0v) is 17.2. The van der Waals surface area contributed by atoms with Crippen LogP contribution in [0.1, 0.15) is 36.7 Å². The number of aromatic nitrogens is 1. The number of Topliss-reactive ketones (excluding diaryl/α,β-unsaturated/α-hetero) is 1. The molecular weight excluding hydrogens is 378 g/mol. The third kappa shape index (κ3) is 5.17. The van der Waals surface area contributed by atoms with Crippen LogP contribution in [-0.2, 0) is 15.3 Å². The van der Waals surface area contributed by atoms with Crippen molar-refractivity contribution in [1.82, 2.24) is 4.98 Å². The van der Waals surface area contributed by atoms with Crippen molar-refractivity contribution < 1.29 is 14.3 Å². The largest absolute Gasteiger partial charge is 0.454 e. The van der Waals surface area contributed by atoms with Gasteiger partial charge in [0.25, 0.3) is 0 Å². The summed E-state index contributed by atoms with van der Waals surface area (Å²) >= 11 is 3.36. The minimum Gasteiger partial charge on any atom is -0.454 e. The summed E-state index contributed by atoms with van der Waals surface area (Å²) in [6.45, 7) is 5.22. The van der Waals surface area contributed by atoms with Gasteiger partial charge in [0.15, 0.2) is 16.7 Å². The Balaban J connectivity index is 1.55. The average Bonchev–Trinajstić information content (AvgIpc) is 3.06. The summed E-state index contributed by atoms with van der Waals surface area (Å²) in [5, 5.41) is 0. The minimum atomic E-state index is -0.512. The highest BCUT2D eigenvalue weighted by Crippen LogP contribution is 2.31. The zero-order chi connectivity index (χ0) is 19.4. The molecule has 0 N–H and O–H groups in total. The summed E-state index contributed by atoms with van der Waals surface area (Å²) < 4.78 is 7.33. The van der Waals surface area contributed by atoms with E-state index in [9.17, 15) is 9.59 Å². The molecule has 0 bridgehead atoms. The maximum absolute atomic E-state index is 12.1. The van der Waals surface area contributed by atoms with E-state index in [1.807, 2.05) is 30.3 Å². The molecule has 4 nitrogen and oxygen atoms in total. The molecule has 6 heteroatoms. The molecule has 3 aromatic rings. The number of ketones is 1. The van der Waals surface area contributed by atoms with Crippen molar-refractivity contribution in [3.05, 3.63) is 59.7 Å². The molecule has 2 aromatic carbocycles. The minimum absolute atomic E-state index is 0.0975. The van der Waals surface area contributed by atoms with E-state index in [1.165, 1.54) is 4.70 Å². The number of hydrogen-bond donors (Lipinski definition) is 0. The summed E-state index contributed by atoms with van der Waals surface area (Å²) in [6.07, 6.45) is 0. The van der Waals surface area contributed by atoms with E-state index < -0.39 is 11.4 Å². The Morgan fingerprint density at radius 3 is 2.44 bits per heavy atom. The van der Waals surface area contributed by atoms with Gasteiger partial charge in [0.05, 0.1) is 15.8 Å². The predicted octanol–water partition coefficient (Wildman–Crippen LogP) is 5.36. The lowest BCUT2D eigenvalue weighted by Crippen LogP contribution is -2.26. The Kier molecular flexibility index (Phi) is 5.97. The Bertz CT molecular complexity index is 922. The van der Waals surface area contributed by atoms with Gasteiger partial charge in [-0.25, -0.2) is 9.78 Å². The number of thioether (sulfide) groups is 1. The van der Waals surface area contributed by atoms with Crippen LogP contribution in [-0.4, -0.2) is 23.3 Å². The molecule has 0 aliphatic rings. The molecule has 0 radical (unpaired) electrons. The first kappa shape index (κ1) is 19.6. The highest BCUT2D eigenvalue weighted by atomic mass is 32.2. The fourth-order valence-electron chi connectivity index (χ4n) is 2.23. The van der Waals surface area contributed by atoms with Crippen LogP contribution < -0.4 is 0 Å². The van der Waals surface area contributed by atoms with E-state index in [0.717, 1.165) is 21.2 Å². The van der Waals surface area contributed by atoms with Gasteiger partial charge in [-0.05, 0) is 29.8 Å². The van der Waals surface area contributed by atoms with E-state index in [1.54, 1.807) is 56.0 Å². The highest BCUT2D eigenvalue weighted by molar-refractivity contribution is 8.00. The van der Waals surface area contributed by atoms with Crippen molar-refractivity contribution >= 4 is 45.1 Å². The normalized spacial score (nSPS) is 11.5. The number of ether oxygens (including phenoxy) is 1. The highest BCUT2D eigenvalue weighted by Gasteiger charge is 2.22. The third-order valence-corrected chi connectivity index (χ3v) is 6.25. The van der Waals surface area contributed by atoms with E-state index in [0.29, 0.717) is 5.56 Å². The standard InChI is InChI=1S/C21H21NO3S2/c1-21(2,3)18(23)12-25-19(24)15-10-8-14(9-11-15)13-26-20-22-16-6-4-5-7-17(16)27-20/h4-11H,12-13H2,1-3H3. The molecule has 1 aromatic heterocycles. The molecule has 27 heavy (non-hydrogen) atoms. The van der Waals surface area contributed by atoms with Crippen LogP contribution in [0.15, 0.2) is 52.9 Å². The number of fused-ring (bicyclic) bond motifs is 1. The zero-order valence-electron chi connectivity index (χ0n) is 15.5. The lowest BCUT2D eigenvalue weighted by Gasteiger charge is -2.16. The molecule has 0 saturated carbocycles. The second-order valence-electron chi connectivity index (χ2n) is 7.18. The molecular formula is C21H21NO3S2. The predicted molar refractivity (Wildman–Crippen MR) is 110 cm³/mol. The number of thiazole rings is 1. The van der Waals surface area contributed by atoms with Crippen LogP contribution in [0.2, 0.25) is 0 Å². The van der Waals surface area contributed by atoms with Crippen LogP contribution in [0.3, 0.4) is 0 Å². The topological polar surface area (TPSA) is 56.3 Å². The number of benzene rings is 2. The number of carbonyl (C=O) groups is 2. The number of rotatable bonds is 6. The van der Waals surface area contributed by atoms with Crippen LogP contribution in [0.5, 0.6) is 0 Å². The second-order valence-corrected chi connectivity index (χ2v) is 9.44. The van der Waals surface area contributed by atoms with Crippen molar-refractivity contribution in [3.63, 3.8) is 0 Å². The SMILES string of the molecule is CC(C)(C)C(=O)COC(=O)c1ccc(CSc2nc3ccccc3s2)cc1. The maximum Gasteiger partial charge on any atom is 0.338 e. The molecule has 0 amide bonds. The number of hydrogen-bond acceptors (Lipinski definition) is 6. The first-order valence-electron chi connectivity index (χ1n) is 8.61. The molecule has 3 rings (SSSR count). The van der Waals surface area contributed by atoms with Crippen molar-refractivity contribution in [2.24, 2.45) is 5.41 Å². The van der Waals surface area contributed by atoms with Crippen LogP contribution in [0.25, 0.3) is 10.2 Å². The van der Waals surface area contributed by atoms with Crippen LogP contribution in [0.4, 0.5) is 0 Å². The molecule has 0 atom stereocenters. The second kappa shape index (κ2) is 8.23. The molecule has 140 valence electrons. The summed E-state index contributed by atoms with van der Waals surface area (Å²) in [7, 11) is 0. The first-order valence-corrected chi connectivity index (χ1v) is 10.4. The van der Waals surface area contributed by atoms with E-state index in [2.05, 4.69) is 11.1 Å². The van der Waals surface area contributed by atoms with Gasteiger partial charge in [0.2, 0.25) is 0 Å². The summed E-state index contributed by atoms with van der Waals surface area (Å²) in [6, 6.07) is 15.4. The van der Waals surface area contributed by atoms with Crippen molar-refractivity contribution in [3.8, 4) is 0 Å². The summed E-state index contributed by atoms with van der Waals surface area (Å²) in [5.74, 6) is 0.204. The Morgan fingerprint density at radius 2 is 1.78 bits per heavy atom. The van der Waals surface area contributed by atoms with E-state index in [4.69, 9.17) is 4.74 Å². The van der Waals surface area contributed by atoms with Gasteiger partial charge >= 0.3 is 5.97 Å². The molecule has 0 spiro atoms. The van der Waals surface area contributed by atoms with Gasteiger partial charge in [-0.1, -0.05) is 56.8 Å².